The molecule has 0 fully saturated rings. The van der Waals surface area contributed by atoms with Crippen molar-refractivity contribution in [3.8, 4) is 11.3 Å². The van der Waals surface area contributed by atoms with Gasteiger partial charge in [-0.25, -0.2) is 4.98 Å². The molecule has 1 aromatic heterocycles. The van der Waals surface area contributed by atoms with Crippen LogP contribution in [0.1, 0.15) is 22.2 Å². The summed E-state index contributed by atoms with van der Waals surface area (Å²) >= 11 is 1.49. The van der Waals surface area contributed by atoms with Crippen LogP contribution in [0, 0.1) is 13.8 Å². The smallest absolute Gasteiger partial charge is 0.112 e. The molecule has 17 heavy (non-hydrogen) atoms. The molecule has 0 saturated carbocycles. The first-order valence-corrected chi connectivity index (χ1v) is 6.39. The molecule has 0 saturated heterocycles. The van der Waals surface area contributed by atoms with Crippen molar-refractivity contribution in [3.05, 3.63) is 39.7 Å². The zero-order chi connectivity index (χ0) is 12.4. The highest BCUT2D eigenvalue weighted by molar-refractivity contribution is 7.10. The molecule has 90 valence electrons. The van der Waals surface area contributed by atoms with Crippen LogP contribution in [0.5, 0.6) is 0 Å². The van der Waals surface area contributed by atoms with Gasteiger partial charge in [0.05, 0.1) is 18.3 Å². The molecule has 2 rings (SSSR count). The van der Waals surface area contributed by atoms with Crippen LogP contribution < -0.4 is 5.73 Å². The molecule has 1 atom stereocenters. The molecule has 0 bridgehead atoms. The molecule has 0 aliphatic heterocycles. The Morgan fingerprint density at radius 2 is 2.18 bits per heavy atom. The highest BCUT2D eigenvalue weighted by Gasteiger charge is 2.11. The monoisotopic (exact) mass is 248 g/mol. The standard InChI is InChI=1S/C13H16N2OS/c1-8-3-4-10(9(2)5-8)12-7-17-13(15-12)11(14)6-16/h3-5,7,11,16H,6,14H2,1-2H3. The number of thiazole rings is 1. The van der Waals surface area contributed by atoms with Crippen LogP contribution in [-0.2, 0) is 0 Å². The number of rotatable bonds is 3. The van der Waals surface area contributed by atoms with Crippen LogP contribution >= 0.6 is 11.3 Å². The Kier molecular flexibility index (Phi) is 3.57. The van der Waals surface area contributed by atoms with E-state index in [1.807, 2.05) is 5.38 Å². The lowest BCUT2D eigenvalue weighted by molar-refractivity contribution is 0.268. The highest BCUT2D eigenvalue weighted by Crippen LogP contribution is 2.27. The Balaban J connectivity index is 2.37. The number of aryl methyl sites for hydroxylation is 2. The van der Waals surface area contributed by atoms with E-state index in [4.69, 9.17) is 10.8 Å². The van der Waals surface area contributed by atoms with Crippen molar-refractivity contribution < 1.29 is 5.11 Å². The zero-order valence-electron chi connectivity index (χ0n) is 9.97. The van der Waals surface area contributed by atoms with Gasteiger partial charge in [-0.3, -0.25) is 0 Å². The van der Waals surface area contributed by atoms with E-state index in [1.54, 1.807) is 0 Å². The van der Waals surface area contributed by atoms with Gasteiger partial charge in [-0.15, -0.1) is 11.3 Å². The molecule has 0 radical (unpaired) electrons. The lowest BCUT2D eigenvalue weighted by Crippen LogP contribution is -2.13. The topological polar surface area (TPSA) is 59.1 Å². The first-order valence-electron chi connectivity index (χ1n) is 5.51. The summed E-state index contributed by atoms with van der Waals surface area (Å²) in [5, 5.41) is 11.8. The van der Waals surface area contributed by atoms with E-state index < -0.39 is 0 Å². The van der Waals surface area contributed by atoms with Gasteiger partial charge >= 0.3 is 0 Å². The van der Waals surface area contributed by atoms with Crippen molar-refractivity contribution in [1.29, 1.82) is 0 Å². The van der Waals surface area contributed by atoms with Crippen LogP contribution in [-0.4, -0.2) is 16.7 Å². The van der Waals surface area contributed by atoms with E-state index in [9.17, 15) is 0 Å². The second-order valence-corrected chi connectivity index (χ2v) is 5.07. The molecule has 2 aromatic rings. The van der Waals surface area contributed by atoms with Crippen LogP contribution in [0.3, 0.4) is 0 Å². The first-order chi connectivity index (χ1) is 8.11. The maximum absolute atomic E-state index is 9.00. The van der Waals surface area contributed by atoms with Crippen molar-refractivity contribution in [3.63, 3.8) is 0 Å². The first kappa shape index (κ1) is 12.2. The fourth-order valence-corrected chi connectivity index (χ4v) is 2.57. The van der Waals surface area contributed by atoms with Crippen LogP contribution in [0.25, 0.3) is 11.3 Å². The van der Waals surface area contributed by atoms with Gasteiger partial charge in [0.25, 0.3) is 0 Å². The van der Waals surface area contributed by atoms with Gasteiger partial charge in [0.2, 0.25) is 0 Å². The summed E-state index contributed by atoms with van der Waals surface area (Å²) in [6.07, 6.45) is 0. The summed E-state index contributed by atoms with van der Waals surface area (Å²) < 4.78 is 0. The Hall–Kier alpha value is -1.23. The van der Waals surface area contributed by atoms with Gasteiger partial charge in [-0.1, -0.05) is 23.8 Å². The van der Waals surface area contributed by atoms with E-state index >= 15 is 0 Å². The molecule has 0 amide bonds. The minimum absolute atomic E-state index is 0.0696. The normalized spacial score (nSPS) is 12.7. The second kappa shape index (κ2) is 4.96. The quantitative estimate of drug-likeness (QED) is 0.877. The third kappa shape index (κ3) is 2.54. The summed E-state index contributed by atoms with van der Waals surface area (Å²) in [7, 11) is 0. The molecule has 3 nitrogen and oxygen atoms in total. The van der Waals surface area contributed by atoms with Crippen molar-refractivity contribution in [1.82, 2.24) is 4.98 Å². The maximum atomic E-state index is 9.00. The summed E-state index contributed by atoms with van der Waals surface area (Å²) in [5.41, 5.74) is 10.3. The summed E-state index contributed by atoms with van der Waals surface area (Å²) in [6, 6.07) is 5.92. The number of hydrogen-bond donors (Lipinski definition) is 2. The van der Waals surface area contributed by atoms with Crippen molar-refractivity contribution >= 4 is 11.3 Å². The second-order valence-electron chi connectivity index (χ2n) is 4.18. The molecule has 1 aromatic carbocycles. The van der Waals surface area contributed by atoms with Gasteiger partial charge in [0.15, 0.2) is 0 Å². The fraction of sp³-hybridized carbons (Fsp3) is 0.308. The summed E-state index contributed by atoms with van der Waals surface area (Å²) in [5.74, 6) is 0. The molecule has 1 heterocycles. The molecule has 0 spiro atoms. The molecular formula is C13H16N2OS. The third-order valence-electron chi connectivity index (χ3n) is 2.69. The molecule has 3 N–H and O–H groups in total. The van der Waals surface area contributed by atoms with Crippen LogP contribution in [0.2, 0.25) is 0 Å². The van der Waals surface area contributed by atoms with Gasteiger partial charge < -0.3 is 10.8 Å². The van der Waals surface area contributed by atoms with E-state index in [2.05, 4.69) is 37.0 Å². The van der Waals surface area contributed by atoms with Gasteiger partial charge in [-0.2, -0.15) is 0 Å². The Labute approximate surface area is 105 Å². The minimum Gasteiger partial charge on any atom is -0.394 e. The number of nitrogens with zero attached hydrogens (tertiary/aromatic N) is 1. The number of aromatic nitrogens is 1. The SMILES string of the molecule is Cc1ccc(-c2csc(C(N)CO)n2)c(C)c1. The number of nitrogens with two attached hydrogens (primary N) is 1. The highest BCUT2D eigenvalue weighted by atomic mass is 32.1. The Bertz CT molecular complexity index is 522. The fourth-order valence-electron chi connectivity index (χ4n) is 1.76. The zero-order valence-corrected chi connectivity index (χ0v) is 10.8. The number of aliphatic hydroxyl groups is 1. The Morgan fingerprint density at radius 1 is 1.41 bits per heavy atom. The van der Waals surface area contributed by atoms with Crippen molar-refractivity contribution in [2.24, 2.45) is 5.73 Å². The maximum Gasteiger partial charge on any atom is 0.112 e. The lowest BCUT2D eigenvalue weighted by Gasteiger charge is -2.04. The van der Waals surface area contributed by atoms with E-state index in [1.165, 1.54) is 22.5 Å². The molecule has 0 aliphatic carbocycles. The third-order valence-corrected chi connectivity index (χ3v) is 3.67. The predicted octanol–water partition coefficient (Wildman–Crippen LogP) is 2.42. The largest absolute Gasteiger partial charge is 0.394 e. The summed E-state index contributed by atoms with van der Waals surface area (Å²) in [4.78, 5) is 4.48. The predicted molar refractivity (Wildman–Crippen MR) is 71.0 cm³/mol. The van der Waals surface area contributed by atoms with E-state index in [-0.39, 0.29) is 12.6 Å². The van der Waals surface area contributed by atoms with Crippen molar-refractivity contribution in [2.75, 3.05) is 6.61 Å². The van der Waals surface area contributed by atoms with Crippen molar-refractivity contribution in [2.45, 2.75) is 19.9 Å². The molecule has 1 unspecified atom stereocenters. The van der Waals surface area contributed by atoms with Gasteiger partial charge in [0.1, 0.15) is 5.01 Å². The number of hydrogen-bond acceptors (Lipinski definition) is 4. The van der Waals surface area contributed by atoms with Crippen LogP contribution in [0.4, 0.5) is 0 Å². The Morgan fingerprint density at radius 3 is 2.82 bits per heavy atom. The molecular weight excluding hydrogens is 232 g/mol. The van der Waals surface area contributed by atoms with Crippen LogP contribution in [0.15, 0.2) is 23.6 Å². The lowest BCUT2D eigenvalue weighted by atomic mass is 10.0. The average Bonchev–Trinajstić information content (AvgIpc) is 2.77. The van der Waals surface area contributed by atoms with E-state index in [0.717, 1.165) is 16.3 Å². The molecule has 4 heteroatoms. The number of aliphatic hydroxyl groups excluding tert-OH is 1. The average molecular weight is 248 g/mol. The minimum atomic E-state index is -0.375. The number of benzene rings is 1. The summed E-state index contributed by atoms with van der Waals surface area (Å²) in [6.45, 7) is 4.08. The molecule has 0 aliphatic rings. The van der Waals surface area contributed by atoms with Gasteiger partial charge in [0, 0.05) is 10.9 Å². The van der Waals surface area contributed by atoms with E-state index in [0.29, 0.717) is 0 Å². The van der Waals surface area contributed by atoms with Gasteiger partial charge in [-0.05, 0) is 19.4 Å².